The van der Waals surface area contributed by atoms with Crippen molar-refractivity contribution in [2.75, 3.05) is 0 Å². The molecule has 2 N–H and O–H groups in total. The van der Waals surface area contributed by atoms with Crippen molar-refractivity contribution in [2.24, 2.45) is 11.7 Å². The lowest BCUT2D eigenvalue weighted by atomic mass is 9.85. The lowest BCUT2D eigenvalue weighted by molar-refractivity contribution is -0.122. The van der Waals surface area contributed by atoms with Crippen LogP contribution in [-0.2, 0) is 4.79 Å². The molecule has 1 rings (SSSR count). The van der Waals surface area contributed by atoms with Crippen LogP contribution in [0.5, 0.6) is 0 Å². The van der Waals surface area contributed by atoms with Gasteiger partial charge in [0.15, 0.2) is 5.78 Å². The smallest absolute Gasteiger partial charge is 0.154 e. The summed E-state index contributed by atoms with van der Waals surface area (Å²) in [6.07, 6.45) is 6.39. The van der Waals surface area contributed by atoms with Crippen molar-refractivity contribution in [1.29, 1.82) is 5.26 Å². The number of rotatable bonds is 3. The van der Waals surface area contributed by atoms with Gasteiger partial charge in [-0.2, -0.15) is 5.26 Å². The molecule has 0 aromatic rings. The zero-order valence-electron chi connectivity index (χ0n) is 8.49. The van der Waals surface area contributed by atoms with Crippen molar-refractivity contribution in [1.82, 2.24) is 0 Å². The SMILES string of the molecule is CC/C=C\C[C@]1(N)C(=O)CCC1C#N. The highest BCUT2D eigenvalue weighted by atomic mass is 16.1. The fourth-order valence-corrected chi connectivity index (χ4v) is 1.84. The molecule has 2 atom stereocenters. The van der Waals surface area contributed by atoms with Crippen molar-refractivity contribution in [3.05, 3.63) is 12.2 Å². The normalized spacial score (nSPS) is 32.4. The number of carbonyl (C=O) groups excluding carboxylic acids is 1. The number of nitriles is 1. The minimum Gasteiger partial charge on any atom is -0.318 e. The van der Waals surface area contributed by atoms with Crippen LogP contribution in [0, 0.1) is 17.2 Å². The Balaban J connectivity index is 2.74. The Bertz CT molecular complexity index is 290. The van der Waals surface area contributed by atoms with Crippen molar-refractivity contribution in [3.63, 3.8) is 0 Å². The van der Waals surface area contributed by atoms with E-state index in [2.05, 4.69) is 6.07 Å². The molecule has 0 heterocycles. The van der Waals surface area contributed by atoms with E-state index >= 15 is 0 Å². The second-order valence-electron chi connectivity index (χ2n) is 3.77. The lowest BCUT2D eigenvalue weighted by Crippen LogP contribution is -2.48. The second kappa shape index (κ2) is 4.39. The fourth-order valence-electron chi connectivity index (χ4n) is 1.84. The second-order valence-corrected chi connectivity index (χ2v) is 3.77. The molecule has 0 radical (unpaired) electrons. The van der Waals surface area contributed by atoms with Crippen LogP contribution in [0.2, 0.25) is 0 Å². The van der Waals surface area contributed by atoms with Gasteiger partial charge >= 0.3 is 0 Å². The fraction of sp³-hybridized carbons (Fsp3) is 0.636. The van der Waals surface area contributed by atoms with Gasteiger partial charge in [-0.1, -0.05) is 19.1 Å². The number of hydrogen-bond donors (Lipinski definition) is 1. The molecular formula is C11H16N2O. The van der Waals surface area contributed by atoms with Gasteiger partial charge in [0.1, 0.15) is 0 Å². The maximum absolute atomic E-state index is 11.5. The van der Waals surface area contributed by atoms with Crippen LogP contribution < -0.4 is 5.73 Å². The van der Waals surface area contributed by atoms with Crippen LogP contribution in [0.4, 0.5) is 0 Å². The Morgan fingerprint density at radius 3 is 3.00 bits per heavy atom. The predicted octanol–water partition coefficient (Wildman–Crippen LogP) is 1.54. The Labute approximate surface area is 84.6 Å². The molecule has 1 saturated carbocycles. The summed E-state index contributed by atoms with van der Waals surface area (Å²) in [4.78, 5) is 11.5. The van der Waals surface area contributed by atoms with Gasteiger partial charge in [-0.3, -0.25) is 4.79 Å². The number of allylic oxidation sites excluding steroid dienone is 1. The first-order valence-electron chi connectivity index (χ1n) is 5.02. The van der Waals surface area contributed by atoms with Gasteiger partial charge in [0, 0.05) is 6.42 Å². The molecule has 1 fully saturated rings. The van der Waals surface area contributed by atoms with E-state index in [-0.39, 0.29) is 11.7 Å². The molecule has 1 unspecified atom stereocenters. The third-order valence-electron chi connectivity index (χ3n) is 2.81. The molecule has 1 aliphatic rings. The first kappa shape index (κ1) is 10.9. The molecule has 0 amide bonds. The Kier molecular flexibility index (Phi) is 3.43. The maximum Gasteiger partial charge on any atom is 0.154 e. The van der Waals surface area contributed by atoms with Crippen LogP contribution in [0.25, 0.3) is 0 Å². The molecule has 0 bridgehead atoms. The van der Waals surface area contributed by atoms with Gasteiger partial charge < -0.3 is 5.73 Å². The highest BCUT2D eigenvalue weighted by Crippen LogP contribution is 2.33. The van der Waals surface area contributed by atoms with E-state index in [4.69, 9.17) is 11.0 Å². The van der Waals surface area contributed by atoms with E-state index in [1.165, 1.54) is 0 Å². The largest absolute Gasteiger partial charge is 0.318 e. The van der Waals surface area contributed by atoms with Gasteiger partial charge in [0.25, 0.3) is 0 Å². The summed E-state index contributed by atoms with van der Waals surface area (Å²) in [6.45, 7) is 2.03. The van der Waals surface area contributed by atoms with Crippen LogP contribution in [-0.4, -0.2) is 11.3 Å². The van der Waals surface area contributed by atoms with Gasteiger partial charge in [0.05, 0.1) is 17.5 Å². The summed E-state index contributed by atoms with van der Waals surface area (Å²) in [5.41, 5.74) is 5.06. The summed E-state index contributed by atoms with van der Waals surface area (Å²) in [6, 6.07) is 2.13. The molecule has 0 saturated heterocycles. The van der Waals surface area contributed by atoms with Gasteiger partial charge in [-0.05, 0) is 19.3 Å². The molecule has 0 aliphatic heterocycles. The van der Waals surface area contributed by atoms with Crippen LogP contribution in [0.3, 0.4) is 0 Å². The Morgan fingerprint density at radius 1 is 1.71 bits per heavy atom. The van der Waals surface area contributed by atoms with Gasteiger partial charge in [-0.15, -0.1) is 0 Å². The van der Waals surface area contributed by atoms with Crippen molar-refractivity contribution in [2.45, 2.75) is 38.1 Å². The van der Waals surface area contributed by atoms with Crippen LogP contribution >= 0.6 is 0 Å². The zero-order chi connectivity index (χ0) is 10.6. The minimum absolute atomic E-state index is 0.0322. The molecule has 0 spiro atoms. The molecule has 3 nitrogen and oxygen atoms in total. The van der Waals surface area contributed by atoms with Crippen molar-refractivity contribution in [3.8, 4) is 6.07 Å². The number of carbonyl (C=O) groups is 1. The molecule has 0 aromatic heterocycles. The molecular weight excluding hydrogens is 176 g/mol. The highest BCUT2D eigenvalue weighted by Gasteiger charge is 2.45. The van der Waals surface area contributed by atoms with Crippen LogP contribution in [0.15, 0.2) is 12.2 Å². The summed E-state index contributed by atoms with van der Waals surface area (Å²) >= 11 is 0. The minimum atomic E-state index is -0.916. The number of nitrogens with zero attached hydrogens (tertiary/aromatic N) is 1. The van der Waals surface area contributed by atoms with E-state index in [1.54, 1.807) is 0 Å². The van der Waals surface area contributed by atoms with Gasteiger partial charge in [0.2, 0.25) is 0 Å². The molecule has 76 valence electrons. The first-order chi connectivity index (χ1) is 6.65. The van der Waals surface area contributed by atoms with E-state index in [0.29, 0.717) is 19.3 Å². The van der Waals surface area contributed by atoms with E-state index in [0.717, 1.165) is 6.42 Å². The number of hydrogen-bond acceptors (Lipinski definition) is 3. The summed E-state index contributed by atoms with van der Waals surface area (Å²) in [7, 11) is 0. The third-order valence-corrected chi connectivity index (χ3v) is 2.81. The van der Waals surface area contributed by atoms with E-state index in [9.17, 15) is 4.79 Å². The molecule has 1 aliphatic carbocycles. The number of nitrogens with two attached hydrogens (primary N) is 1. The zero-order valence-corrected chi connectivity index (χ0v) is 8.49. The van der Waals surface area contributed by atoms with Crippen molar-refractivity contribution >= 4 is 5.78 Å². The number of Topliss-reactive ketones (excluding diaryl/α,β-unsaturated/α-hetero) is 1. The summed E-state index contributed by atoms with van der Waals surface area (Å²) in [5, 5.41) is 8.87. The van der Waals surface area contributed by atoms with E-state index < -0.39 is 5.54 Å². The van der Waals surface area contributed by atoms with Crippen molar-refractivity contribution < 1.29 is 4.79 Å². The van der Waals surface area contributed by atoms with Crippen LogP contribution in [0.1, 0.15) is 32.6 Å². The Hall–Kier alpha value is -1.14. The number of ketones is 1. The summed E-state index contributed by atoms with van der Waals surface area (Å²) < 4.78 is 0. The highest BCUT2D eigenvalue weighted by molar-refractivity contribution is 5.91. The van der Waals surface area contributed by atoms with Gasteiger partial charge in [-0.25, -0.2) is 0 Å². The monoisotopic (exact) mass is 192 g/mol. The average Bonchev–Trinajstić information content (AvgIpc) is 2.44. The lowest BCUT2D eigenvalue weighted by Gasteiger charge is -2.23. The molecule has 3 heteroatoms. The average molecular weight is 192 g/mol. The first-order valence-corrected chi connectivity index (χ1v) is 5.02. The standard InChI is InChI=1S/C11H16N2O/c1-2-3-4-7-11(13)9(8-12)5-6-10(11)14/h3-4,9H,2,5-7,13H2,1H3/b4-3-/t9?,11-/m1/s1. The third kappa shape index (κ3) is 1.85. The quantitative estimate of drug-likeness (QED) is 0.690. The molecule has 14 heavy (non-hydrogen) atoms. The maximum atomic E-state index is 11.5. The summed E-state index contributed by atoms with van der Waals surface area (Å²) in [5.74, 6) is -0.277. The predicted molar refractivity (Wildman–Crippen MR) is 54.3 cm³/mol. The topological polar surface area (TPSA) is 66.9 Å². The molecule has 0 aromatic carbocycles. The van der Waals surface area contributed by atoms with E-state index in [1.807, 2.05) is 19.1 Å². The Morgan fingerprint density at radius 2 is 2.43 bits per heavy atom.